The highest BCUT2D eigenvalue weighted by atomic mass is 16.5. The third-order valence-electron chi connectivity index (χ3n) is 3.01. The molecule has 0 saturated heterocycles. The lowest BCUT2D eigenvalue weighted by molar-refractivity contribution is -0.142. The molecule has 0 aromatic heterocycles. The first-order valence-electron chi connectivity index (χ1n) is 7.53. The van der Waals surface area contributed by atoms with Crippen LogP contribution in [0.5, 0.6) is 5.75 Å². The lowest BCUT2D eigenvalue weighted by Crippen LogP contribution is -2.25. The predicted molar refractivity (Wildman–Crippen MR) is 85.0 cm³/mol. The van der Waals surface area contributed by atoms with E-state index in [0.29, 0.717) is 18.6 Å². The maximum atomic E-state index is 11.7. The van der Waals surface area contributed by atoms with E-state index in [4.69, 9.17) is 14.6 Å². The molecule has 1 aromatic rings. The summed E-state index contributed by atoms with van der Waals surface area (Å²) in [7, 11) is 0. The van der Waals surface area contributed by atoms with Crippen LogP contribution in [-0.2, 0) is 9.53 Å². The van der Waals surface area contributed by atoms with Gasteiger partial charge in [-0.05, 0) is 38.0 Å². The zero-order valence-corrected chi connectivity index (χ0v) is 13.2. The van der Waals surface area contributed by atoms with Gasteiger partial charge in [-0.25, -0.2) is 4.79 Å². The van der Waals surface area contributed by atoms with Gasteiger partial charge in [0.1, 0.15) is 25.1 Å². The third-order valence-corrected chi connectivity index (χ3v) is 3.01. The molecule has 0 saturated carbocycles. The number of aliphatic hydroxyl groups excluding tert-OH is 3. The average molecular weight is 324 g/mol. The van der Waals surface area contributed by atoms with Crippen LogP contribution in [0.15, 0.2) is 42.0 Å². The maximum Gasteiger partial charge on any atom is 0.333 e. The van der Waals surface area contributed by atoms with Gasteiger partial charge in [0.25, 0.3) is 0 Å². The summed E-state index contributed by atoms with van der Waals surface area (Å²) >= 11 is 0. The normalized spacial score (nSPS) is 14.2. The number of rotatable bonds is 10. The Kier molecular flexibility index (Phi) is 8.97. The van der Waals surface area contributed by atoms with E-state index in [9.17, 15) is 15.0 Å². The highest BCUT2D eigenvalue weighted by Gasteiger charge is 2.12. The number of hydrogen-bond acceptors (Lipinski definition) is 6. The standard InChI is InChI=1S/C17H24O6/c1-13(10-14(19)6-5-9-18)17(21)23-12-15(20)11-22-16-7-3-2-4-8-16/h2-4,7-8,10,14-15,18-20H,5-6,9,11-12H2,1H3. The van der Waals surface area contributed by atoms with Gasteiger partial charge in [0.05, 0.1) is 6.10 Å². The van der Waals surface area contributed by atoms with E-state index in [1.54, 1.807) is 12.1 Å². The van der Waals surface area contributed by atoms with Crippen LogP contribution in [-0.4, -0.2) is 53.3 Å². The largest absolute Gasteiger partial charge is 0.491 e. The van der Waals surface area contributed by atoms with Crippen molar-refractivity contribution in [2.45, 2.75) is 32.0 Å². The van der Waals surface area contributed by atoms with E-state index in [-0.39, 0.29) is 25.4 Å². The van der Waals surface area contributed by atoms with Crippen molar-refractivity contribution in [2.75, 3.05) is 19.8 Å². The molecule has 0 bridgehead atoms. The minimum absolute atomic E-state index is 0.0119. The second-order valence-electron chi connectivity index (χ2n) is 5.16. The summed E-state index contributed by atoms with van der Waals surface area (Å²) in [6.07, 6.45) is 0.460. The molecule has 0 spiro atoms. The molecule has 1 rings (SSSR count). The van der Waals surface area contributed by atoms with Crippen molar-refractivity contribution in [2.24, 2.45) is 0 Å². The molecule has 1 aromatic carbocycles. The smallest absolute Gasteiger partial charge is 0.333 e. The van der Waals surface area contributed by atoms with Gasteiger partial charge >= 0.3 is 5.97 Å². The number of esters is 1. The zero-order valence-electron chi connectivity index (χ0n) is 13.2. The Balaban J connectivity index is 2.29. The molecule has 2 atom stereocenters. The Morgan fingerprint density at radius 2 is 1.91 bits per heavy atom. The van der Waals surface area contributed by atoms with Crippen LogP contribution in [0.3, 0.4) is 0 Å². The molecule has 0 fully saturated rings. The number of carbonyl (C=O) groups excluding carboxylic acids is 1. The molecule has 2 unspecified atom stereocenters. The Bertz CT molecular complexity index is 485. The first-order valence-corrected chi connectivity index (χ1v) is 7.53. The number of carbonyl (C=O) groups is 1. The Hall–Kier alpha value is -1.89. The van der Waals surface area contributed by atoms with E-state index in [2.05, 4.69) is 0 Å². The van der Waals surface area contributed by atoms with Crippen molar-refractivity contribution in [3.8, 4) is 5.75 Å². The second kappa shape index (κ2) is 10.8. The van der Waals surface area contributed by atoms with Gasteiger partial charge in [0, 0.05) is 12.2 Å². The van der Waals surface area contributed by atoms with Crippen molar-refractivity contribution >= 4 is 5.97 Å². The van der Waals surface area contributed by atoms with Gasteiger partial charge in [-0.3, -0.25) is 0 Å². The molecule has 0 amide bonds. The van der Waals surface area contributed by atoms with Crippen molar-refractivity contribution in [3.05, 3.63) is 42.0 Å². The number of hydrogen-bond donors (Lipinski definition) is 3. The van der Waals surface area contributed by atoms with Crippen LogP contribution in [0.1, 0.15) is 19.8 Å². The van der Waals surface area contributed by atoms with Crippen molar-refractivity contribution in [1.82, 2.24) is 0 Å². The van der Waals surface area contributed by atoms with E-state index in [0.717, 1.165) is 0 Å². The Morgan fingerprint density at radius 1 is 1.22 bits per heavy atom. The van der Waals surface area contributed by atoms with E-state index < -0.39 is 18.2 Å². The minimum Gasteiger partial charge on any atom is -0.491 e. The Morgan fingerprint density at radius 3 is 2.57 bits per heavy atom. The highest BCUT2D eigenvalue weighted by molar-refractivity contribution is 5.87. The van der Waals surface area contributed by atoms with Gasteiger partial charge in [-0.15, -0.1) is 0 Å². The molecule has 0 aliphatic carbocycles. The lowest BCUT2D eigenvalue weighted by Gasteiger charge is -2.13. The fourth-order valence-electron chi connectivity index (χ4n) is 1.78. The van der Waals surface area contributed by atoms with E-state index in [1.807, 2.05) is 18.2 Å². The molecular weight excluding hydrogens is 300 g/mol. The fourth-order valence-corrected chi connectivity index (χ4v) is 1.78. The quantitative estimate of drug-likeness (QED) is 0.440. The van der Waals surface area contributed by atoms with Gasteiger partial charge in [-0.2, -0.15) is 0 Å². The van der Waals surface area contributed by atoms with Crippen molar-refractivity contribution in [1.29, 1.82) is 0 Å². The summed E-state index contributed by atoms with van der Waals surface area (Å²) in [5.74, 6) is 0.0211. The maximum absolute atomic E-state index is 11.7. The summed E-state index contributed by atoms with van der Waals surface area (Å²) in [6, 6.07) is 9.02. The van der Waals surface area contributed by atoms with Crippen LogP contribution in [0.25, 0.3) is 0 Å². The minimum atomic E-state index is -0.939. The Labute approximate surface area is 136 Å². The molecule has 128 valence electrons. The molecule has 0 heterocycles. The SMILES string of the molecule is CC(=CC(O)CCCO)C(=O)OCC(O)COc1ccccc1. The predicted octanol–water partition coefficient (Wildman–Crippen LogP) is 1.05. The summed E-state index contributed by atoms with van der Waals surface area (Å²) < 4.78 is 10.3. The van der Waals surface area contributed by atoms with Gasteiger partial charge in [-0.1, -0.05) is 18.2 Å². The van der Waals surface area contributed by atoms with Gasteiger partial charge in [0.2, 0.25) is 0 Å². The van der Waals surface area contributed by atoms with Gasteiger partial charge < -0.3 is 24.8 Å². The molecule has 3 N–H and O–H groups in total. The topological polar surface area (TPSA) is 96.2 Å². The van der Waals surface area contributed by atoms with Crippen LogP contribution < -0.4 is 4.74 Å². The summed E-state index contributed by atoms with van der Waals surface area (Å²) in [4.78, 5) is 11.7. The number of para-hydroxylation sites is 1. The second-order valence-corrected chi connectivity index (χ2v) is 5.16. The first-order chi connectivity index (χ1) is 11.0. The van der Waals surface area contributed by atoms with Crippen LogP contribution in [0, 0.1) is 0 Å². The molecule has 0 aliphatic rings. The highest BCUT2D eigenvalue weighted by Crippen LogP contribution is 2.09. The van der Waals surface area contributed by atoms with E-state index in [1.165, 1.54) is 13.0 Å². The van der Waals surface area contributed by atoms with Gasteiger partial charge in [0.15, 0.2) is 0 Å². The monoisotopic (exact) mass is 324 g/mol. The van der Waals surface area contributed by atoms with Crippen LogP contribution in [0.4, 0.5) is 0 Å². The molecule has 0 radical (unpaired) electrons. The third kappa shape index (κ3) is 8.35. The summed E-state index contributed by atoms with van der Waals surface area (Å²) in [5, 5.41) is 28.0. The molecule has 6 nitrogen and oxygen atoms in total. The molecule has 0 aliphatic heterocycles. The van der Waals surface area contributed by atoms with Crippen molar-refractivity contribution in [3.63, 3.8) is 0 Å². The molecular formula is C17H24O6. The average Bonchev–Trinajstić information content (AvgIpc) is 2.56. The fraction of sp³-hybridized carbons (Fsp3) is 0.471. The number of aliphatic hydroxyl groups is 3. The summed E-state index contributed by atoms with van der Waals surface area (Å²) in [6.45, 7) is 1.34. The lowest BCUT2D eigenvalue weighted by atomic mass is 10.1. The first kappa shape index (κ1) is 19.2. The van der Waals surface area contributed by atoms with Crippen LogP contribution in [0.2, 0.25) is 0 Å². The molecule has 23 heavy (non-hydrogen) atoms. The van der Waals surface area contributed by atoms with E-state index >= 15 is 0 Å². The zero-order chi connectivity index (χ0) is 17.1. The molecule has 6 heteroatoms. The number of benzene rings is 1. The van der Waals surface area contributed by atoms with Crippen molar-refractivity contribution < 1.29 is 29.6 Å². The number of ether oxygens (including phenoxy) is 2. The van der Waals surface area contributed by atoms with Crippen LogP contribution >= 0.6 is 0 Å². The summed E-state index contributed by atoms with van der Waals surface area (Å²) in [5.41, 5.74) is 0.256.